The van der Waals surface area contributed by atoms with E-state index < -0.39 is 16.0 Å². The molecule has 0 aromatic heterocycles. The quantitative estimate of drug-likeness (QED) is 0.675. The zero-order chi connectivity index (χ0) is 15.9. The Morgan fingerprint density at radius 2 is 2.14 bits per heavy atom. The number of ether oxygens (including phenoxy) is 1. The number of hydrogen-bond donors (Lipinski definition) is 1. The Morgan fingerprint density at radius 1 is 1.43 bits per heavy atom. The average molecular weight is 320 g/mol. The lowest BCUT2D eigenvalue weighted by molar-refractivity contribution is -0.142. The highest BCUT2D eigenvalue weighted by Gasteiger charge is 2.29. The normalized spacial score (nSPS) is 20.7. The minimum Gasteiger partial charge on any atom is -0.466 e. The van der Waals surface area contributed by atoms with E-state index in [1.54, 1.807) is 6.92 Å². The van der Waals surface area contributed by atoms with Gasteiger partial charge in [0, 0.05) is 19.1 Å². The number of carbonyl (C=O) groups excluding carboxylic acids is 1. The molecule has 7 heteroatoms. The number of nitrogens with zero attached hydrogens (tertiary/aromatic N) is 1. The molecule has 1 N–H and O–H groups in total. The van der Waals surface area contributed by atoms with Crippen molar-refractivity contribution >= 4 is 16.0 Å². The lowest BCUT2D eigenvalue weighted by Gasteiger charge is -2.32. The molecule has 0 aliphatic carbocycles. The Labute approximate surface area is 128 Å². The molecule has 0 aromatic rings. The van der Waals surface area contributed by atoms with Gasteiger partial charge in [-0.2, -0.15) is 0 Å². The Bertz CT molecular complexity index is 423. The van der Waals surface area contributed by atoms with Crippen molar-refractivity contribution < 1.29 is 17.9 Å². The first-order valence-electron chi connectivity index (χ1n) is 7.72. The van der Waals surface area contributed by atoms with E-state index in [2.05, 4.69) is 19.2 Å². The molecule has 1 atom stereocenters. The zero-order valence-corrected chi connectivity index (χ0v) is 14.1. The summed E-state index contributed by atoms with van der Waals surface area (Å²) < 4.78 is 30.9. The molecule has 6 nitrogen and oxygen atoms in total. The zero-order valence-electron chi connectivity index (χ0n) is 13.3. The number of piperidine rings is 1. The number of nitrogens with one attached hydrogen (secondary N) is 1. The first kappa shape index (κ1) is 18.4. The first-order valence-corrected chi connectivity index (χ1v) is 9.33. The molecule has 0 bridgehead atoms. The second kappa shape index (κ2) is 8.70. The van der Waals surface area contributed by atoms with Crippen LogP contribution in [0.5, 0.6) is 0 Å². The van der Waals surface area contributed by atoms with Gasteiger partial charge in [0.15, 0.2) is 0 Å². The smallest absolute Gasteiger partial charge is 0.306 e. The molecule has 21 heavy (non-hydrogen) atoms. The maximum atomic E-state index is 12.3. The van der Waals surface area contributed by atoms with Gasteiger partial charge in [-0.3, -0.25) is 4.79 Å². The third kappa shape index (κ3) is 6.76. The Balaban J connectivity index is 2.48. The number of rotatable bonds is 8. The molecule has 0 aromatic carbocycles. The van der Waals surface area contributed by atoms with Crippen molar-refractivity contribution in [1.29, 1.82) is 0 Å². The molecular weight excluding hydrogens is 292 g/mol. The van der Waals surface area contributed by atoms with Crippen molar-refractivity contribution in [1.82, 2.24) is 9.62 Å². The molecule has 0 radical (unpaired) electrons. The highest BCUT2D eigenvalue weighted by Crippen LogP contribution is 2.19. The van der Waals surface area contributed by atoms with Crippen molar-refractivity contribution in [3.8, 4) is 0 Å². The molecule has 1 aliphatic heterocycles. The minimum absolute atomic E-state index is 0.0679. The maximum absolute atomic E-state index is 12.3. The van der Waals surface area contributed by atoms with Crippen LogP contribution in [0.15, 0.2) is 0 Å². The summed E-state index contributed by atoms with van der Waals surface area (Å²) in [5.74, 6) is -0.259. The molecule has 0 spiro atoms. The molecule has 1 fully saturated rings. The van der Waals surface area contributed by atoms with Crippen molar-refractivity contribution in [2.24, 2.45) is 5.92 Å². The molecule has 1 rings (SSSR count). The summed E-state index contributed by atoms with van der Waals surface area (Å²) in [6, 6.07) is 0.404. The monoisotopic (exact) mass is 320 g/mol. The molecule has 1 saturated heterocycles. The Hall–Kier alpha value is -0.660. The molecule has 0 saturated carbocycles. The third-order valence-corrected chi connectivity index (χ3v) is 5.40. The number of esters is 1. The van der Waals surface area contributed by atoms with E-state index in [1.165, 1.54) is 4.31 Å². The summed E-state index contributed by atoms with van der Waals surface area (Å²) in [4.78, 5) is 11.3. The van der Waals surface area contributed by atoms with Gasteiger partial charge in [0.1, 0.15) is 0 Å². The van der Waals surface area contributed by atoms with Crippen molar-refractivity contribution in [3.63, 3.8) is 0 Å². The number of hydrogen-bond acceptors (Lipinski definition) is 5. The van der Waals surface area contributed by atoms with Crippen molar-refractivity contribution in [2.75, 3.05) is 32.0 Å². The van der Waals surface area contributed by atoms with Gasteiger partial charge in [0.05, 0.1) is 18.8 Å². The van der Waals surface area contributed by atoms with Crippen LogP contribution in [0.2, 0.25) is 0 Å². The highest BCUT2D eigenvalue weighted by atomic mass is 32.2. The largest absolute Gasteiger partial charge is 0.466 e. The van der Waals surface area contributed by atoms with E-state index in [9.17, 15) is 13.2 Å². The van der Waals surface area contributed by atoms with Gasteiger partial charge in [-0.05, 0) is 32.2 Å². The van der Waals surface area contributed by atoms with E-state index in [0.29, 0.717) is 25.0 Å². The minimum atomic E-state index is -3.36. The van der Waals surface area contributed by atoms with Crippen LogP contribution < -0.4 is 5.32 Å². The standard InChI is InChI=1S/C14H28N2O4S/c1-4-20-14(17)7-9-21(18,19)16-8-5-6-13(11-16)10-15-12(2)3/h12-13,15H,4-11H2,1-3H3. The molecule has 1 unspecified atom stereocenters. The first-order chi connectivity index (χ1) is 9.85. The van der Waals surface area contributed by atoms with Crippen molar-refractivity contribution in [2.45, 2.75) is 46.1 Å². The summed E-state index contributed by atoms with van der Waals surface area (Å²) in [5, 5.41) is 3.36. The molecular formula is C14H28N2O4S. The highest BCUT2D eigenvalue weighted by molar-refractivity contribution is 7.89. The lowest BCUT2D eigenvalue weighted by Crippen LogP contribution is -2.44. The summed E-state index contributed by atoms with van der Waals surface area (Å²) in [6.45, 7) is 8.10. The fourth-order valence-corrected chi connectivity index (χ4v) is 3.95. The molecule has 1 aliphatic rings. The SMILES string of the molecule is CCOC(=O)CCS(=O)(=O)N1CCCC(CNC(C)C)C1. The van der Waals surface area contributed by atoms with Crippen LogP contribution in [-0.2, 0) is 19.6 Å². The van der Waals surface area contributed by atoms with Gasteiger partial charge < -0.3 is 10.1 Å². The fourth-order valence-electron chi connectivity index (χ4n) is 2.42. The second-order valence-corrected chi connectivity index (χ2v) is 7.89. The van der Waals surface area contributed by atoms with Gasteiger partial charge >= 0.3 is 5.97 Å². The summed E-state index contributed by atoms with van der Waals surface area (Å²) >= 11 is 0. The third-order valence-electron chi connectivity index (χ3n) is 3.56. The Morgan fingerprint density at radius 3 is 2.76 bits per heavy atom. The predicted molar refractivity (Wildman–Crippen MR) is 82.5 cm³/mol. The summed E-state index contributed by atoms with van der Waals surface area (Å²) in [7, 11) is -3.36. The maximum Gasteiger partial charge on any atom is 0.306 e. The van der Waals surface area contributed by atoms with E-state index in [-0.39, 0.29) is 18.8 Å². The second-order valence-electron chi connectivity index (χ2n) is 5.80. The summed E-state index contributed by atoms with van der Waals surface area (Å²) in [5.41, 5.74) is 0. The molecule has 1 heterocycles. The van der Waals surface area contributed by atoms with E-state index >= 15 is 0 Å². The van der Waals surface area contributed by atoms with Gasteiger partial charge in [-0.15, -0.1) is 0 Å². The predicted octanol–water partition coefficient (Wildman–Crippen LogP) is 0.979. The molecule has 0 amide bonds. The summed E-state index contributed by atoms with van der Waals surface area (Å²) in [6.07, 6.45) is 1.86. The van der Waals surface area contributed by atoms with Gasteiger partial charge in [-0.25, -0.2) is 12.7 Å². The van der Waals surface area contributed by atoms with E-state index in [0.717, 1.165) is 19.4 Å². The lowest BCUT2D eigenvalue weighted by atomic mass is 9.99. The van der Waals surface area contributed by atoms with E-state index in [1.807, 2.05) is 0 Å². The van der Waals surface area contributed by atoms with Gasteiger partial charge in [0.25, 0.3) is 0 Å². The fraction of sp³-hybridized carbons (Fsp3) is 0.929. The topological polar surface area (TPSA) is 75.7 Å². The number of carbonyl (C=O) groups is 1. The van der Waals surface area contributed by atoms with Crippen LogP contribution in [0.25, 0.3) is 0 Å². The van der Waals surface area contributed by atoms with Gasteiger partial charge in [0.2, 0.25) is 10.0 Å². The molecule has 124 valence electrons. The van der Waals surface area contributed by atoms with Crippen LogP contribution in [0.3, 0.4) is 0 Å². The van der Waals surface area contributed by atoms with Crippen LogP contribution in [0.4, 0.5) is 0 Å². The van der Waals surface area contributed by atoms with Crippen LogP contribution >= 0.6 is 0 Å². The van der Waals surface area contributed by atoms with Gasteiger partial charge in [-0.1, -0.05) is 13.8 Å². The average Bonchev–Trinajstić information content (AvgIpc) is 2.44. The van der Waals surface area contributed by atoms with Crippen LogP contribution in [0, 0.1) is 5.92 Å². The van der Waals surface area contributed by atoms with E-state index in [4.69, 9.17) is 4.74 Å². The van der Waals surface area contributed by atoms with Crippen LogP contribution in [-0.4, -0.2) is 56.7 Å². The number of sulfonamides is 1. The van der Waals surface area contributed by atoms with Crippen LogP contribution in [0.1, 0.15) is 40.0 Å². The Kier molecular flexibility index (Phi) is 7.62. The van der Waals surface area contributed by atoms with Crippen molar-refractivity contribution in [3.05, 3.63) is 0 Å².